The number of fused-ring (bicyclic) bond motifs is 1. The van der Waals surface area contributed by atoms with Gasteiger partial charge in [-0.1, -0.05) is 17.3 Å². The number of nitrogens with two attached hydrogens (primary N) is 1. The maximum Gasteiger partial charge on any atom is 0.416 e. The lowest BCUT2D eigenvalue weighted by atomic mass is 10.1. The van der Waals surface area contributed by atoms with Gasteiger partial charge in [0.1, 0.15) is 18.5 Å². The smallest absolute Gasteiger partial charge is 0.388 e. The summed E-state index contributed by atoms with van der Waals surface area (Å²) in [5.41, 5.74) is 0.00940. The Morgan fingerprint density at radius 3 is 2.69 bits per heavy atom. The van der Waals surface area contributed by atoms with Gasteiger partial charge in [-0.15, -0.1) is 5.10 Å². The van der Waals surface area contributed by atoms with Crippen LogP contribution in [0.15, 0.2) is 30.6 Å². The monoisotopic (exact) mass is 533 g/mol. The van der Waals surface area contributed by atoms with Crippen molar-refractivity contribution < 1.29 is 40.7 Å². The number of nitrogens with one attached hydrogen (secondary N) is 1. The van der Waals surface area contributed by atoms with E-state index in [-0.39, 0.29) is 43.2 Å². The molecule has 1 saturated carbocycles. The molecule has 0 radical (unpaired) electrons. The molecule has 13 nitrogen and oxygen atoms in total. The van der Waals surface area contributed by atoms with Crippen molar-refractivity contribution in [2.75, 3.05) is 18.5 Å². The molecular weight excluding hydrogens is 511 g/mol. The number of hydrogen-bond acceptors (Lipinski definition) is 11. The van der Waals surface area contributed by atoms with Crippen LogP contribution in [0.1, 0.15) is 23.6 Å². The maximum atomic E-state index is 13.0. The summed E-state index contributed by atoms with van der Waals surface area (Å²) in [5, 5.41) is 36.6. The summed E-state index contributed by atoms with van der Waals surface area (Å²) < 4.78 is 71.6. The predicted molar refractivity (Wildman–Crippen MR) is 116 cm³/mol. The average molecular weight is 533 g/mol. The molecule has 5 N–H and O–H groups in total. The molecule has 0 bridgehead atoms. The number of benzene rings is 1. The van der Waals surface area contributed by atoms with Crippen LogP contribution in [0, 0.1) is 0 Å². The number of rotatable bonds is 9. The Morgan fingerprint density at radius 1 is 1.19 bits per heavy atom. The second-order valence-corrected chi connectivity index (χ2v) is 9.21. The van der Waals surface area contributed by atoms with Crippen LogP contribution >= 0.6 is 0 Å². The van der Waals surface area contributed by atoms with Gasteiger partial charge in [-0.3, -0.25) is 4.18 Å². The van der Waals surface area contributed by atoms with Crippen molar-refractivity contribution in [3.05, 3.63) is 41.7 Å². The number of ether oxygens (including phenoxy) is 1. The van der Waals surface area contributed by atoms with E-state index in [0.717, 1.165) is 12.1 Å². The fourth-order valence-corrected chi connectivity index (χ4v) is 4.19. The predicted octanol–water partition coefficient (Wildman–Crippen LogP) is 0.124. The molecule has 2 aromatic heterocycles. The fourth-order valence-electron chi connectivity index (χ4n) is 3.89. The van der Waals surface area contributed by atoms with Crippen molar-refractivity contribution in [1.82, 2.24) is 25.0 Å². The first-order valence-electron chi connectivity index (χ1n) is 10.5. The van der Waals surface area contributed by atoms with Gasteiger partial charge in [0, 0.05) is 13.0 Å². The lowest BCUT2D eigenvalue weighted by Crippen LogP contribution is -2.33. The minimum Gasteiger partial charge on any atom is -0.388 e. The van der Waals surface area contributed by atoms with Crippen LogP contribution in [-0.4, -0.2) is 75.1 Å². The molecule has 0 unspecified atom stereocenters. The summed E-state index contributed by atoms with van der Waals surface area (Å²) in [5.74, 6) is 0.213. The van der Waals surface area contributed by atoms with E-state index < -0.39 is 46.4 Å². The lowest BCUT2D eigenvalue weighted by molar-refractivity contribution is -0.137. The van der Waals surface area contributed by atoms with Crippen LogP contribution in [-0.2, 0) is 31.9 Å². The Labute approximate surface area is 202 Å². The van der Waals surface area contributed by atoms with Crippen molar-refractivity contribution in [1.29, 1.82) is 0 Å². The van der Waals surface area contributed by atoms with Gasteiger partial charge in [-0.25, -0.2) is 19.8 Å². The van der Waals surface area contributed by atoms with Crippen LogP contribution in [0.3, 0.4) is 0 Å². The van der Waals surface area contributed by atoms with Crippen LogP contribution in [0.25, 0.3) is 11.2 Å². The highest BCUT2D eigenvalue weighted by Crippen LogP contribution is 2.34. The van der Waals surface area contributed by atoms with Crippen molar-refractivity contribution >= 4 is 27.3 Å². The molecule has 36 heavy (non-hydrogen) atoms. The van der Waals surface area contributed by atoms with E-state index in [4.69, 9.17) is 9.88 Å². The SMILES string of the molecule is NS(=O)(=O)OCCO[C@@H]1C[C@H](n2nnc3c(NCc4cccc(C(F)(F)F)c4)ncnc32)[C@@H](O)[C@H]1O. The molecule has 0 saturated heterocycles. The number of alkyl halides is 3. The first kappa shape index (κ1) is 26.1. The van der Waals surface area contributed by atoms with Crippen LogP contribution in [0.2, 0.25) is 0 Å². The molecule has 2 heterocycles. The normalized spacial score (nSPS) is 22.8. The van der Waals surface area contributed by atoms with Crippen molar-refractivity contribution in [3.8, 4) is 0 Å². The zero-order valence-electron chi connectivity index (χ0n) is 18.4. The van der Waals surface area contributed by atoms with Crippen LogP contribution in [0.5, 0.6) is 0 Å². The van der Waals surface area contributed by atoms with Gasteiger partial charge in [0.05, 0.1) is 30.9 Å². The molecule has 1 aliphatic carbocycles. The fraction of sp³-hybridized carbons (Fsp3) is 0.474. The van der Waals surface area contributed by atoms with E-state index in [1.54, 1.807) is 0 Å². The molecule has 0 amide bonds. The highest BCUT2D eigenvalue weighted by Gasteiger charge is 2.44. The summed E-state index contributed by atoms with van der Waals surface area (Å²) in [7, 11) is -4.13. The molecule has 4 rings (SSSR count). The average Bonchev–Trinajstić information content (AvgIpc) is 3.36. The van der Waals surface area contributed by atoms with E-state index in [1.165, 1.54) is 23.1 Å². The van der Waals surface area contributed by atoms with Crippen molar-refractivity contribution in [2.24, 2.45) is 5.14 Å². The molecule has 3 aromatic rings. The third-order valence-corrected chi connectivity index (χ3v) is 6.05. The summed E-state index contributed by atoms with van der Waals surface area (Å²) in [4.78, 5) is 8.22. The topological polar surface area (TPSA) is 188 Å². The molecule has 1 aromatic carbocycles. The third-order valence-electron chi connectivity index (χ3n) is 5.55. The van der Waals surface area contributed by atoms with Gasteiger partial charge < -0.3 is 20.3 Å². The summed E-state index contributed by atoms with van der Waals surface area (Å²) in [6.07, 6.45) is -6.67. The third kappa shape index (κ3) is 5.88. The Bertz CT molecular complexity index is 1320. The van der Waals surface area contributed by atoms with Crippen molar-refractivity contribution in [3.63, 3.8) is 0 Å². The molecule has 17 heteroatoms. The number of hydrogen-bond donors (Lipinski definition) is 4. The summed E-state index contributed by atoms with van der Waals surface area (Å²) in [6.45, 7) is -0.561. The number of aliphatic hydroxyl groups excluding tert-OH is 2. The van der Waals surface area contributed by atoms with E-state index in [9.17, 15) is 31.8 Å². The molecule has 1 aliphatic rings. The molecular formula is C19H22F3N7O6S. The highest BCUT2D eigenvalue weighted by atomic mass is 32.2. The first-order valence-corrected chi connectivity index (χ1v) is 12.0. The lowest BCUT2D eigenvalue weighted by Gasteiger charge is -2.17. The minimum absolute atomic E-state index is 0.0180. The Kier molecular flexibility index (Phi) is 7.39. The number of halogens is 3. The molecule has 1 fully saturated rings. The second kappa shape index (κ2) is 10.2. The van der Waals surface area contributed by atoms with E-state index in [0.29, 0.717) is 5.56 Å². The Morgan fingerprint density at radius 2 is 1.97 bits per heavy atom. The van der Waals surface area contributed by atoms with Gasteiger partial charge in [-0.05, 0) is 17.7 Å². The Balaban J connectivity index is 1.46. The quantitative estimate of drug-likeness (QED) is 0.274. The number of anilines is 1. The zero-order valence-corrected chi connectivity index (χ0v) is 19.2. The first-order chi connectivity index (χ1) is 16.9. The Hall–Kier alpha value is -2.96. The van der Waals surface area contributed by atoms with E-state index >= 15 is 0 Å². The van der Waals surface area contributed by atoms with Crippen LogP contribution < -0.4 is 10.5 Å². The van der Waals surface area contributed by atoms with Gasteiger partial charge in [0.25, 0.3) is 0 Å². The highest BCUT2D eigenvalue weighted by molar-refractivity contribution is 7.84. The number of aromatic nitrogens is 5. The van der Waals surface area contributed by atoms with E-state index in [1.807, 2.05) is 0 Å². The number of nitrogens with zero attached hydrogens (tertiary/aromatic N) is 5. The van der Waals surface area contributed by atoms with Crippen molar-refractivity contribution in [2.45, 2.75) is 43.5 Å². The van der Waals surface area contributed by atoms with Gasteiger partial charge in [0.15, 0.2) is 17.0 Å². The zero-order chi connectivity index (χ0) is 26.1. The summed E-state index contributed by atoms with van der Waals surface area (Å²) in [6, 6.07) is 4.04. The second-order valence-electron chi connectivity index (χ2n) is 7.99. The molecule has 0 spiro atoms. The maximum absolute atomic E-state index is 13.0. The molecule has 0 aliphatic heterocycles. The van der Waals surface area contributed by atoms with Gasteiger partial charge in [0.2, 0.25) is 0 Å². The summed E-state index contributed by atoms with van der Waals surface area (Å²) >= 11 is 0. The number of aliphatic hydroxyl groups is 2. The minimum atomic E-state index is -4.47. The molecule has 196 valence electrons. The standard InChI is InChI=1S/C19H22F3N7O6S/c20-19(21,22)11-3-1-2-10(6-11)8-24-17-14-18(26-9-25-17)29(28-27-14)12-7-13(16(31)15(12)30)34-4-5-35-36(23,32)33/h1-3,6,9,12-13,15-16,30-31H,4-5,7-8H2,(H2,23,32,33)(H,24,25,26)/t12-,13+,15+,16-/m0/s1. The van der Waals surface area contributed by atoms with Crippen LogP contribution in [0.4, 0.5) is 19.0 Å². The van der Waals surface area contributed by atoms with Gasteiger partial charge in [-0.2, -0.15) is 21.6 Å². The van der Waals surface area contributed by atoms with E-state index in [2.05, 4.69) is 29.8 Å². The van der Waals surface area contributed by atoms with Gasteiger partial charge >= 0.3 is 16.5 Å². The molecule has 4 atom stereocenters. The largest absolute Gasteiger partial charge is 0.416 e.